The van der Waals surface area contributed by atoms with Crippen LogP contribution in [0.4, 0.5) is 24.8 Å². The Bertz CT molecular complexity index is 1290. The van der Waals surface area contributed by atoms with Crippen molar-refractivity contribution in [1.29, 1.82) is 0 Å². The molecular weight excluding hydrogens is 479 g/mol. The van der Waals surface area contributed by atoms with Gasteiger partial charge in [0.2, 0.25) is 21.7 Å². The van der Waals surface area contributed by atoms with Gasteiger partial charge in [-0.05, 0) is 19.1 Å². The monoisotopic (exact) mass is 501 g/mol. The number of anilines is 2. The van der Waals surface area contributed by atoms with Crippen molar-refractivity contribution in [2.24, 2.45) is 0 Å². The third-order valence-electron chi connectivity index (χ3n) is 5.07. The summed E-state index contributed by atoms with van der Waals surface area (Å²) in [6.45, 7) is 2.71. The molecule has 1 fully saturated rings. The van der Waals surface area contributed by atoms with Gasteiger partial charge in [-0.15, -0.1) is 0 Å². The average molecular weight is 501 g/mol. The number of methoxy groups -OCH3 is 1. The number of halogens is 3. The van der Waals surface area contributed by atoms with Crippen LogP contribution in [0.5, 0.6) is 11.6 Å². The maximum atomic E-state index is 13.4. The molecule has 3 N–H and O–H groups in total. The van der Waals surface area contributed by atoms with Gasteiger partial charge in [-0.25, -0.2) is 8.42 Å². The summed E-state index contributed by atoms with van der Waals surface area (Å²) in [5.41, 5.74) is -1.74. The molecule has 3 aromatic rings. The zero-order chi connectivity index (χ0) is 24.5. The topological polar surface area (TPSA) is 127 Å². The van der Waals surface area contributed by atoms with Crippen LogP contribution >= 0.6 is 0 Å². The van der Waals surface area contributed by atoms with Crippen molar-refractivity contribution in [3.8, 4) is 11.6 Å². The maximum Gasteiger partial charge on any atom is 0.418 e. The Balaban J connectivity index is 1.69. The summed E-state index contributed by atoms with van der Waals surface area (Å²) in [6, 6.07) is 4.15. The Morgan fingerprint density at radius 2 is 2.09 bits per heavy atom. The number of benzene rings is 1. The van der Waals surface area contributed by atoms with E-state index in [9.17, 15) is 21.6 Å². The molecule has 1 saturated heterocycles. The molecular formula is C20H22F3N5O5S. The summed E-state index contributed by atoms with van der Waals surface area (Å²) in [6.07, 6.45) is -3.82. The highest BCUT2D eigenvalue weighted by Crippen LogP contribution is 2.39. The van der Waals surface area contributed by atoms with Gasteiger partial charge in [0.1, 0.15) is 11.4 Å². The number of morpholine rings is 1. The molecule has 184 valence electrons. The highest BCUT2D eigenvalue weighted by atomic mass is 32.2. The Hall–Kier alpha value is -3.10. The van der Waals surface area contributed by atoms with E-state index in [2.05, 4.69) is 25.6 Å². The number of aromatic amines is 1. The van der Waals surface area contributed by atoms with E-state index < -0.39 is 27.0 Å². The minimum Gasteiger partial charge on any atom is -0.495 e. The van der Waals surface area contributed by atoms with Crippen molar-refractivity contribution in [1.82, 2.24) is 20.3 Å². The van der Waals surface area contributed by atoms with Crippen molar-refractivity contribution >= 4 is 32.5 Å². The summed E-state index contributed by atoms with van der Waals surface area (Å²) in [7, 11) is -2.44. The molecule has 2 aromatic heterocycles. The van der Waals surface area contributed by atoms with Crippen molar-refractivity contribution < 1.29 is 35.8 Å². The standard InChI is InChI=1S/C20H22F3N5O5S/c1-3-32-18-16-12(20(21,22)23)9-25-17(16)27-19(28-18)26-13-5-4-11(8-14(13)31-2)34(29,30)15-10-24-6-7-33-15/h4-5,8-9,15,24H,3,6-7,10H2,1-2H3,(H2,25,26,27,28). The molecule has 1 atom stereocenters. The second kappa shape index (κ2) is 9.27. The van der Waals surface area contributed by atoms with Crippen LogP contribution in [0.15, 0.2) is 29.3 Å². The number of hydrogen-bond acceptors (Lipinski definition) is 9. The number of rotatable bonds is 7. The average Bonchev–Trinajstić information content (AvgIpc) is 3.25. The van der Waals surface area contributed by atoms with Gasteiger partial charge < -0.3 is 29.8 Å². The van der Waals surface area contributed by atoms with E-state index in [1.807, 2.05) is 0 Å². The predicted octanol–water partition coefficient (Wildman–Crippen LogP) is 2.85. The Labute approximate surface area is 192 Å². The zero-order valence-corrected chi connectivity index (χ0v) is 19.0. The predicted molar refractivity (Wildman–Crippen MR) is 116 cm³/mol. The number of H-pyrrole nitrogens is 1. The number of nitrogens with zero attached hydrogens (tertiary/aromatic N) is 2. The first-order valence-corrected chi connectivity index (χ1v) is 11.8. The molecule has 0 spiro atoms. The molecule has 0 aliphatic carbocycles. The molecule has 1 aliphatic rings. The van der Waals surface area contributed by atoms with E-state index in [-0.39, 0.29) is 53.3 Å². The van der Waals surface area contributed by atoms with E-state index in [1.165, 1.54) is 25.3 Å². The third kappa shape index (κ3) is 4.60. The van der Waals surface area contributed by atoms with E-state index >= 15 is 0 Å². The zero-order valence-electron chi connectivity index (χ0n) is 18.2. The number of alkyl halides is 3. The van der Waals surface area contributed by atoms with Gasteiger partial charge in [-0.3, -0.25) is 0 Å². The molecule has 1 aliphatic heterocycles. The fourth-order valence-electron chi connectivity index (χ4n) is 3.49. The molecule has 0 radical (unpaired) electrons. The number of hydrogen-bond donors (Lipinski definition) is 3. The lowest BCUT2D eigenvalue weighted by molar-refractivity contribution is -0.136. The fourth-order valence-corrected chi connectivity index (χ4v) is 4.93. The summed E-state index contributed by atoms with van der Waals surface area (Å²) >= 11 is 0. The Kier molecular flexibility index (Phi) is 6.55. The van der Waals surface area contributed by atoms with Crippen LogP contribution in [0.1, 0.15) is 12.5 Å². The van der Waals surface area contributed by atoms with Crippen molar-refractivity contribution in [2.75, 3.05) is 38.7 Å². The normalized spacial score (nSPS) is 17.0. The summed E-state index contributed by atoms with van der Waals surface area (Å²) in [5.74, 6) is -0.155. The summed E-state index contributed by atoms with van der Waals surface area (Å²) < 4.78 is 81.9. The molecule has 1 aromatic carbocycles. The van der Waals surface area contributed by atoms with Crippen LogP contribution in [0, 0.1) is 0 Å². The molecule has 10 nitrogen and oxygen atoms in total. The number of nitrogens with one attached hydrogen (secondary N) is 3. The lowest BCUT2D eigenvalue weighted by Crippen LogP contribution is -2.43. The first kappa shape index (κ1) is 24.0. The smallest absolute Gasteiger partial charge is 0.418 e. The number of fused-ring (bicyclic) bond motifs is 1. The minimum atomic E-state index is -4.62. The second-order valence-corrected chi connectivity index (χ2v) is 9.33. The molecule has 14 heteroatoms. The lowest BCUT2D eigenvalue weighted by atomic mass is 10.2. The highest BCUT2D eigenvalue weighted by molar-refractivity contribution is 7.92. The van der Waals surface area contributed by atoms with Crippen molar-refractivity contribution in [3.63, 3.8) is 0 Å². The third-order valence-corrected chi connectivity index (χ3v) is 6.98. The molecule has 4 rings (SSSR count). The lowest BCUT2D eigenvalue weighted by Gasteiger charge is -2.24. The van der Waals surface area contributed by atoms with E-state index in [1.54, 1.807) is 6.92 Å². The number of aromatic nitrogens is 3. The van der Waals surface area contributed by atoms with Crippen molar-refractivity contribution in [2.45, 2.75) is 23.4 Å². The molecule has 0 saturated carbocycles. The first-order valence-electron chi connectivity index (χ1n) is 10.3. The van der Waals surface area contributed by atoms with Crippen LogP contribution in [-0.2, 0) is 20.8 Å². The van der Waals surface area contributed by atoms with E-state index in [0.717, 1.165) is 6.20 Å². The molecule has 34 heavy (non-hydrogen) atoms. The Morgan fingerprint density at radius 1 is 1.29 bits per heavy atom. The van der Waals surface area contributed by atoms with Crippen LogP contribution in [0.3, 0.4) is 0 Å². The van der Waals surface area contributed by atoms with Gasteiger partial charge >= 0.3 is 6.18 Å². The molecule has 0 bridgehead atoms. The van der Waals surface area contributed by atoms with Gasteiger partial charge in [-0.2, -0.15) is 23.1 Å². The van der Waals surface area contributed by atoms with Gasteiger partial charge in [0.05, 0.1) is 41.9 Å². The van der Waals surface area contributed by atoms with Crippen molar-refractivity contribution in [3.05, 3.63) is 30.0 Å². The number of sulfone groups is 1. The quantitative estimate of drug-likeness (QED) is 0.448. The van der Waals surface area contributed by atoms with Gasteiger partial charge in [0, 0.05) is 25.4 Å². The van der Waals surface area contributed by atoms with E-state index in [0.29, 0.717) is 12.2 Å². The highest BCUT2D eigenvalue weighted by Gasteiger charge is 2.36. The summed E-state index contributed by atoms with van der Waals surface area (Å²) in [4.78, 5) is 10.7. The first-order chi connectivity index (χ1) is 16.1. The second-order valence-electron chi connectivity index (χ2n) is 7.25. The number of ether oxygens (including phenoxy) is 3. The molecule has 1 unspecified atom stereocenters. The Morgan fingerprint density at radius 3 is 2.74 bits per heavy atom. The summed E-state index contributed by atoms with van der Waals surface area (Å²) in [5, 5.41) is 5.55. The van der Waals surface area contributed by atoms with Crippen LogP contribution in [0.25, 0.3) is 11.0 Å². The largest absolute Gasteiger partial charge is 0.495 e. The van der Waals surface area contributed by atoms with Gasteiger partial charge in [-0.1, -0.05) is 0 Å². The van der Waals surface area contributed by atoms with Crippen LogP contribution < -0.4 is 20.1 Å². The SMILES string of the molecule is CCOc1nc(Nc2ccc(S(=O)(=O)C3CNCCO3)cc2OC)nc2[nH]cc(C(F)(F)F)c12. The minimum absolute atomic E-state index is 0.00540. The fraction of sp³-hybridized carbons (Fsp3) is 0.400. The van der Waals surface area contributed by atoms with Gasteiger partial charge in [0.15, 0.2) is 5.44 Å². The maximum absolute atomic E-state index is 13.4. The van der Waals surface area contributed by atoms with Crippen LogP contribution in [0.2, 0.25) is 0 Å². The molecule has 3 heterocycles. The van der Waals surface area contributed by atoms with Gasteiger partial charge in [0.25, 0.3) is 0 Å². The molecule has 0 amide bonds. The van der Waals surface area contributed by atoms with Crippen LogP contribution in [-0.4, -0.2) is 62.2 Å². The van der Waals surface area contributed by atoms with E-state index in [4.69, 9.17) is 14.2 Å².